The molecular weight excluding hydrogens is 286 g/mol. The van der Waals surface area contributed by atoms with Gasteiger partial charge in [-0.25, -0.2) is 0 Å². The highest BCUT2D eigenvalue weighted by atomic mass is 16.5. The number of piperidine rings is 1. The van der Waals surface area contributed by atoms with E-state index in [4.69, 9.17) is 4.74 Å². The lowest BCUT2D eigenvalue weighted by Crippen LogP contribution is -2.30. The average Bonchev–Trinajstić information content (AvgIpc) is 2.84. The van der Waals surface area contributed by atoms with Crippen LogP contribution in [-0.4, -0.2) is 24.7 Å². The molecule has 2 aliphatic rings. The number of hydrogen-bond acceptors (Lipinski definition) is 3. The van der Waals surface area contributed by atoms with E-state index in [1.165, 1.54) is 31.4 Å². The monoisotopic (exact) mass is 325 g/mol. The number of esters is 1. The lowest BCUT2D eigenvalue weighted by molar-refractivity contribution is -0.142. The molecule has 0 bridgehead atoms. The van der Waals surface area contributed by atoms with E-state index in [-0.39, 0.29) is 12.1 Å². The zero-order valence-corrected chi connectivity index (χ0v) is 16.3. The number of nitrogens with one attached hydrogen (secondary N) is 1. The Kier molecular flexibility index (Phi) is 11.2. The Morgan fingerprint density at radius 1 is 1.30 bits per heavy atom. The maximum absolute atomic E-state index is 10.8. The minimum atomic E-state index is -0.0214. The van der Waals surface area contributed by atoms with Crippen LogP contribution >= 0.6 is 0 Å². The van der Waals surface area contributed by atoms with Gasteiger partial charge < -0.3 is 10.1 Å². The van der Waals surface area contributed by atoms with Crippen LogP contribution in [0.5, 0.6) is 0 Å². The van der Waals surface area contributed by atoms with Crippen molar-refractivity contribution in [3.05, 3.63) is 12.2 Å². The van der Waals surface area contributed by atoms with Gasteiger partial charge in [0.2, 0.25) is 0 Å². The van der Waals surface area contributed by atoms with Crippen LogP contribution in [0.3, 0.4) is 0 Å². The molecule has 0 aliphatic carbocycles. The van der Waals surface area contributed by atoms with E-state index in [1.807, 2.05) is 13.8 Å². The maximum atomic E-state index is 10.8. The summed E-state index contributed by atoms with van der Waals surface area (Å²) in [5.74, 6) is -0.0214. The number of hydrogen-bond donors (Lipinski definition) is 1. The van der Waals surface area contributed by atoms with Crippen molar-refractivity contribution in [1.82, 2.24) is 5.32 Å². The Balaban J connectivity index is 0.000000371. The molecule has 0 spiro atoms. The fourth-order valence-corrected chi connectivity index (χ4v) is 2.51. The van der Waals surface area contributed by atoms with Gasteiger partial charge in [0, 0.05) is 12.5 Å². The van der Waals surface area contributed by atoms with E-state index in [9.17, 15) is 4.79 Å². The van der Waals surface area contributed by atoms with Gasteiger partial charge in [-0.05, 0) is 58.4 Å². The van der Waals surface area contributed by atoms with Gasteiger partial charge in [-0.1, -0.05) is 39.2 Å². The van der Waals surface area contributed by atoms with E-state index in [2.05, 4.69) is 39.6 Å². The molecule has 3 heteroatoms. The molecule has 0 radical (unpaired) electrons. The Morgan fingerprint density at radius 2 is 1.91 bits per heavy atom. The predicted molar refractivity (Wildman–Crippen MR) is 99.6 cm³/mol. The lowest BCUT2D eigenvalue weighted by Gasteiger charge is -2.25. The topological polar surface area (TPSA) is 38.3 Å². The molecule has 2 saturated heterocycles. The van der Waals surface area contributed by atoms with E-state index in [1.54, 1.807) is 0 Å². The first-order chi connectivity index (χ1) is 10.7. The molecule has 136 valence electrons. The van der Waals surface area contributed by atoms with Gasteiger partial charge in [0.05, 0.1) is 0 Å². The quantitative estimate of drug-likeness (QED) is 0.569. The lowest BCUT2D eigenvalue weighted by atomic mass is 9.83. The SMILES string of the molecule is C=C(C)C.CC1CCCCN1.CCC(C)(C)CC1CCC(=O)O1. The highest BCUT2D eigenvalue weighted by Gasteiger charge is 2.28. The number of ether oxygens (including phenoxy) is 1. The van der Waals surface area contributed by atoms with E-state index in [0.717, 1.165) is 25.3 Å². The van der Waals surface area contributed by atoms with Crippen LogP contribution in [0.15, 0.2) is 12.2 Å². The Labute approximate surface area is 144 Å². The van der Waals surface area contributed by atoms with Crippen molar-refractivity contribution < 1.29 is 9.53 Å². The Hall–Kier alpha value is -0.830. The van der Waals surface area contributed by atoms with Crippen LogP contribution in [0.25, 0.3) is 0 Å². The normalized spacial score (nSPS) is 23.8. The van der Waals surface area contributed by atoms with Gasteiger partial charge in [-0.3, -0.25) is 4.79 Å². The fraction of sp³-hybridized carbons (Fsp3) is 0.850. The van der Waals surface area contributed by atoms with Gasteiger partial charge in [0.25, 0.3) is 0 Å². The molecular formula is C20H39NO2. The molecule has 2 heterocycles. The molecule has 3 nitrogen and oxygen atoms in total. The summed E-state index contributed by atoms with van der Waals surface area (Å²) in [4.78, 5) is 10.8. The summed E-state index contributed by atoms with van der Waals surface area (Å²) in [6.07, 6.45) is 8.05. The van der Waals surface area contributed by atoms with E-state index < -0.39 is 0 Å². The second kappa shape index (κ2) is 11.7. The standard InChI is InChI=1S/C10H18O2.C6H13N.C4H8/c1-4-10(2,3)7-8-5-6-9(11)12-8;1-6-4-2-3-5-7-6;1-4(2)3/h8H,4-7H2,1-3H3;6-7H,2-5H2,1H3;1H2,2-3H3. The number of allylic oxidation sites excluding steroid dienone is 1. The van der Waals surface area contributed by atoms with Gasteiger partial charge in [-0.15, -0.1) is 6.58 Å². The first-order valence-corrected chi connectivity index (χ1v) is 9.21. The largest absolute Gasteiger partial charge is 0.462 e. The van der Waals surface area contributed by atoms with Crippen molar-refractivity contribution in [3.63, 3.8) is 0 Å². The highest BCUT2D eigenvalue weighted by molar-refractivity contribution is 5.71. The summed E-state index contributed by atoms with van der Waals surface area (Å²) in [5, 5.41) is 3.38. The molecule has 2 fully saturated rings. The molecule has 0 aromatic carbocycles. The zero-order valence-electron chi connectivity index (χ0n) is 16.3. The fourth-order valence-electron chi connectivity index (χ4n) is 2.51. The second-order valence-electron chi connectivity index (χ2n) is 7.93. The molecule has 2 rings (SSSR count). The highest BCUT2D eigenvalue weighted by Crippen LogP contribution is 2.31. The number of rotatable bonds is 3. The number of cyclic esters (lactones) is 1. The molecule has 0 amide bonds. The first kappa shape index (κ1) is 22.2. The summed E-state index contributed by atoms with van der Waals surface area (Å²) in [6.45, 7) is 17.6. The minimum Gasteiger partial charge on any atom is -0.462 e. The van der Waals surface area contributed by atoms with Gasteiger partial charge in [0.15, 0.2) is 0 Å². The van der Waals surface area contributed by atoms with E-state index >= 15 is 0 Å². The molecule has 0 aromatic rings. The van der Waals surface area contributed by atoms with Crippen molar-refractivity contribution in [2.75, 3.05) is 6.54 Å². The third-order valence-electron chi connectivity index (χ3n) is 4.26. The van der Waals surface area contributed by atoms with Crippen molar-refractivity contribution in [1.29, 1.82) is 0 Å². The molecule has 2 unspecified atom stereocenters. The number of carbonyl (C=O) groups is 1. The van der Waals surface area contributed by atoms with Crippen LogP contribution in [0.1, 0.15) is 86.5 Å². The Bertz CT molecular complexity index is 340. The molecule has 2 atom stereocenters. The van der Waals surface area contributed by atoms with E-state index in [0.29, 0.717) is 11.8 Å². The molecule has 0 saturated carbocycles. The van der Waals surface area contributed by atoms with Crippen LogP contribution < -0.4 is 5.32 Å². The second-order valence-corrected chi connectivity index (χ2v) is 7.93. The summed E-state index contributed by atoms with van der Waals surface area (Å²) < 4.78 is 5.16. The van der Waals surface area contributed by atoms with Gasteiger partial charge in [0.1, 0.15) is 6.10 Å². The predicted octanol–water partition coefficient (Wildman–Crippen LogP) is 5.25. The van der Waals surface area contributed by atoms with Crippen LogP contribution in [0.2, 0.25) is 0 Å². The zero-order chi connectivity index (χ0) is 17.9. The molecule has 0 aromatic heterocycles. The van der Waals surface area contributed by atoms with Crippen molar-refractivity contribution in [2.24, 2.45) is 5.41 Å². The summed E-state index contributed by atoms with van der Waals surface area (Å²) in [6, 6.07) is 0.786. The van der Waals surface area contributed by atoms with Crippen LogP contribution in [0, 0.1) is 5.41 Å². The average molecular weight is 326 g/mol. The summed E-state index contributed by atoms with van der Waals surface area (Å²) in [5.41, 5.74) is 1.48. The first-order valence-electron chi connectivity index (χ1n) is 9.21. The van der Waals surface area contributed by atoms with Gasteiger partial charge >= 0.3 is 5.97 Å². The molecule has 1 N–H and O–H groups in total. The van der Waals surface area contributed by atoms with Crippen LogP contribution in [0.4, 0.5) is 0 Å². The van der Waals surface area contributed by atoms with Gasteiger partial charge in [-0.2, -0.15) is 0 Å². The van der Waals surface area contributed by atoms with Crippen LogP contribution in [-0.2, 0) is 9.53 Å². The third kappa shape index (κ3) is 13.3. The smallest absolute Gasteiger partial charge is 0.306 e. The summed E-state index contributed by atoms with van der Waals surface area (Å²) in [7, 11) is 0. The molecule has 2 aliphatic heterocycles. The molecule has 23 heavy (non-hydrogen) atoms. The van der Waals surface area contributed by atoms with Crippen molar-refractivity contribution in [3.8, 4) is 0 Å². The van der Waals surface area contributed by atoms with Crippen molar-refractivity contribution in [2.45, 2.75) is 98.6 Å². The third-order valence-corrected chi connectivity index (χ3v) is 4.26. The maximum Gasteiger partial charge on any atom is 0.306 e. The number of carbonyl (C=O) groups excluding carboxylic acids is 1. The Morgan fingerprint density at radius 3 is 2.22 bits per heavy atom. The van der Waals surface area contributed by atoms with Crippen molar-refractivity contribution >= 4 is 5.97 Å². The minimum absolute atomic E-state index is 0.0214. The summed E-state index contributed by atoms with van der Waals surface area (Å²) >= 11 is 0.